The van der Waals surface area contributed by atoms with Gasteiger partial charge in [-0.3, -0.25) is 20.3 Å². The molecule has 4 nitrogen and oxygen atoms in total. The zero-order chi connectivity index (χ0) is 10.7. The van der Waals surface area contributed by atoms with Gasteiger partial charge in [-0.05, 0) is 41.4 Å². The zero-order valence-corrected chi connectivity index (χ0v) is 8.26. The predicted octanol–water partition coefficient (Wildman–Crippen LogP) is 2.25. The van der Waals surface area contributed by atoms with Crippen LogP contribution in [0.2, 0.25) is 0 Å². The first kappa shape index (κ1) is 11.0. The number of carbonyl (C=O) groups excluding carboxylic acids is 2. The maximum absolute atomic E-state index is 10.8. The van der Waals surface area contributed by atoms with Gasteiger partial charge in [-0.2, -0.15) is 0 Å². The molecule has 0 aliphatic rings. The van der Waals surface area contributed by atoms with Gasteiger partial charge in [0.25, 0.3) is 10.5 Å². The van der Waals surface area contributed by atoms with E-state index in [-0.39, 0.29) is 16.8 Å². The predicted molar refractivity (Wildman–Crippen MR) is 52.2 cm³/mol. The Morgan fingerprint density at radius 2 is 1.86 bits per heavy atom. The second-order valence-corrected chi connectivity index (χ2v) is 3.11. The molecule has 0 aliphatic heterocycles. The van der Waals surface area contributed by atoms with E-state index in [2.05, 4.69) is 0 Å². The van der Waals surface area contributed by atoms with Gasteiger partial charge in [0.1, 0.15) is 0 Å². The van der Waals surface area contributed by atoms with Crippen LogP contribution in [0, 0.1) is 0 Å². The quantitative estimate of drug-likeness (QED) is 0.621. The Bertz CT molecular complexity index is 392. The monoisotopic (exact) mass is 233 g/mol. The van der Waals surface area contributed by atoms with Crippen molar-refractivity contribution in [3.63, 3.8) is 0 Å². The molecule has 0 amide bonds. The highest BCUT2D eigenvalue weighted by molar-refractivity contribution is 6.69. The van der Waals surface area contributed by atoms with E-state index in [0.717, 1.165) is 0 Å². The summed E-state index contributed by atoms with van der Waals surface area (Å²) in [5.41, 5.74) is 2.02. The lowest BCUT2D eigenvalue weighted by Gasteiger charge is -2.04. The van der Waals surface area contributed by atoms with Crippen LogP contribution in [0.1, 0.15) is 20.7 Å². The summed E-state index contributed by atoms with van der Waals surface area (Å²) in [6.45, 7) is 0. The van der Waals surface area contributed by atoms with Crippen LogP contribution < -0.4 is 5.48 Å². The Morgan fingerprint density at radius 3 is 2.29 bits per heavy atom. The molecule has 1 rings (SSSR count). The minimum Gasteiger partial charge on any atom is -0.291 e. The van der Waals surface area contributed by atoms with Crippen LogP contribution in [-0.4, -0.2) is 15.7 Å². The molecule has 74 valence electrons. The Hall–Kier alpha value is -1.10. The van der Waals surface area contributed by atoms with E-state index in [1.165, 1.54) is 18.2 Å². The van der Waals surface area contributed by atoms with Crippen molar-refractivity contribution in [1.82, 2.24) is 0 Å². The SMILES string of the molecule is O=C(Cl)c1ccc(C(=O)Cl)c(NO)c1. The first-order valence-electron chi connectivity index (χ1n) is 3.50. The molecule has 14 heavy (non-hydrogen) atoms. The second kappa shape index (κ2) is 4.41. The van der Waals surface area contributed by atoms with Crippen molar-refractivity contribution in [1.29, 1.82) is 0 Å². The summed E-state index contributed by atoms with van der Waals surface area (Å²) < 4.78 is 0. The van der Waals surface area contributed by atoms with E-state index >= 15 is 0 Å². The summed E-state index contributed by atoms with van der Waals surface area (Å²) in [6, 6.07) is 3.86. The van der Waals surface area contributed by atoms with Crippen molar-refractivity contribution in [2.75, 3.05) is 5.48 Å². The fraction of sp³-hybridized carbons (Fsp3) is 0. The van der Waals surface area contributed by atoms with Gasteiger partial charge >= 0.3 is 0 Å². The van der Waals surface area contributed by atoms with Crippen LogP contribution in [0.4, 0.5) is 5.69 Å². The average molecular weight is 234 g/mol. The largest absolute Gasteiger partial charge is 0.291 e. The lowest BCUT2D eigenvalue weighted by Crippen LogP contribution is -2.01. The van der Waals surface area contributed by atoms with Gasteiger partial charge in [-0.25, -0.2) is 0 Å². The van der Waals surface area contributed by atoms with Crippen LogP contribution in [0.25, 0.3) is 0 Å². The smallest absolute Gasteiger partial charge is 0.254 e. The molecule has 0 aromatic heterocycles. The van der Waals surface area contributed by atoms with Crippen molar-refractivity contribution in [3.8, 4) is 0 Å². The molecule has 0 heterocycles. The fourth-order valence-electron chi connectivity index (χ4n) is 0.930. The topological polar surface area (TPSA) is 66.4 Å². The van der Waals surface area contributed by atoms with Gasteiger partial charge in [-0.15, -0.1) is 0 Å². The molecule has 1 aromatic carbocycles. The highest BCUT2D eigenvalue weighted by Gasteiger charge is 2.11. The van der Waals surface area contributed by atoms with Crippen molar-refractivity contribution < 1.29 is 14.8 Å². The van der Waals surface area contributed by atoms with Gasteiger partial charge in [0.05, 0.1) is 11.3 Å². The third kappa shape index (κ3) is 2.23. The molecule has 0 radical (unpaired) electrons. The minimum absolute atomic E-state index is 0.0384. The van der Waals surface area contributed by atoms with Crippen molar-refractivity contribution in [3.05, 3.63) is 29.3 Å². The van der Waals surface area contributed by atoms with E-state index in [1.807, 2.05) is 0 Å². The molecule has 0 aliphatic carbocycles. The van der Waals surface area contributed by atoms with Gasteiger partial charge in [0.15, 0.2) is 0 Å². The summed E-state index contributed by atoms with van der Waals surface area (Å²) in [5, 5.41) is 7.23. The van der Waals surface area contributed by atoms with Gasteiger partial charge in [0, 0.05) is 5.56 Å². The van der Waals surface area contributed by atoms with Crippen molar-refractivity contribution in [2.24, 2.45) is 0 Å². The van der Waals surface area contributed by atoms with Crippen molar-refractivity contribution in [2.45, 2.75) is 0 Å². The molecular formula is C8H5Cl2NO3. The molecule has 0 bridgehead atoms. The van der Waals surface area contributed by atoms with E-state index in [1.54, 1.807) is 5.48 Å². The van der Waals surface area contributed by atoms with Gasteiger partial charge in [0.2, 0.25) is 0 Å². The first-order valence-corrected chi connectivity index (χ1v) is 4.25. The number of hydrogen-bond acceptors (Lipinski definition) is 4. The molecule has 0 fully saturated rings. The molecule has 2 N–H and O–H groups in total. The van der Waals surface area contributed by atoms with Crippen LogP contribution in [0.15, 0.2) is 18.2 Å². The summed E-state index contributed by atoms with van der Waals surface area (Å²) in [6.07, 6.45) is 0. The average Bonchev–Trinajstić information content (AvgIpc) is 2.16. The van der Waals surface area contributed by atoms with E-state index in [9.17, 15) is 9.59 Å². The third-order valence-corrected chi connectivity index (χ3v) is 2.00. The summed E-state index contributed by atoms with van der Waals surface area (Å²) in [7, 11) is 0. The Labute approximate surface area is 89.4 Å². The number of halogens is 2. The van der Waals surface area contributed by atoms with E-state index in [0.29, 0.717) is 0 Å². The Morgan fingerprint density at radius 1 is 1.21 bits per heavy atom. The van der Waals surface area contributed by atoms with Crippen LogP contribution in [0.5, 0.6) is 0 Å². The van der Waals surface area contributed by atoms with E-state index < -0.39 is 10.5 Å². The molecule has 0 atom stereocenters. The maximum Gasteiger partial charge on any atom is 0.254 e. The maximum atomic E-state index is 10.8. The number of nitrogens with one attached hydrogen (secondary N) is 1. The molecule has 0 saturated heterocycles. The summed E-state index contributed by atoms with van der Waals surface area (Å²) in [5.74, 6) is 0. The van der Waals surface area contributed by atoms with Crippen LogP contribution >= 0.6 is 23.2 Å². The Kier molecular flexibility index (Phi) is 3.46. The molecule has 6 heteroatoms. The lowest BCUT2D eigenvalue weighted by atomic mass is 10.1. The van der Waals surface area contributed by atoms with E-state index in [4.69, 9.17) is 28.4 Å². The standard InChI is InChI=1S/C8H5Cl2NO3/c9-7(12)4-1-2-5(8(10)13)6(3-4)11-14/h1-3,11,14H. The first-order chi connectivity index (χ1) is 6.56. The number of anilines is 1. The lowest BCUT2D eigenvalue weighted by molar-refractivity contribution is 0.107. The summed E-state index contributed by atoms with van der Waals surface area (Å²) in [4.78, 5) is 21.5. The van der Waals surface area contributed by atoms with Gasteiger partial charge in [-0.1, -0.05) is 0 Å². The molecule has 0 unspecified atom stereocenters. The molecule has 1 aromatic rings. The molecule has 0 spiro atoms. The second-order valence-electron chi connectivity index (χ2n) is 2.42. The number of hydrogen-bond donors (Lipinski definition) is 2. The zero-order valence-electron chi connectivity index (χ0n) is 6.75. The number of benzene rings is 1. The molecular weight excluding hydrogens is 229 g/mol. The van der Waals surface area contributed by atoms with Crippen LogP contribution in [-0.2, 0) is 0 Å². The highest BCUT2D eigenvalue weighted by Crippen LogP contribution is 2.20. The van der Waals surface area contributed by atoms with Crippen LogP contribution in [0.3, 0.4) is 0 Å². The third-order valence-electron chi connectivity index (χ3n) is 1.58. The highest BCUT2D eigenvalue weighted by atomic mass is 35.5. The number of rotatable bonds is 3. The van der Waals surface area contributed by atoms with Gasteiger partial charge < -0.3 is 0 Å². The normalized spacial score (nSPS) is 9.64. The number of carbonyl (C=O) groups is 2. The molecule has 0 saturated carbocycles. The summed E-state index contributed by atoms with van der Waals surface area (Å²) >= 11 is 10.4. The fourth-order valence-corrected chi connectivity index (χ4v) is 1.21. The Balaban J connectivity index is 3.25. The van der Waals surface area contributed by atoms with Crippen molar-refractivity contribution >= 4 is 39.4 Å². The minimum atomic E-state index is -0.741.